The smallest absolute Gasteiger partial charge is 0.416 e. The lowest BCUT2D eigenvalue weighted by Gasteiger charge is -2.45. The van der Waals surface area contributed by atoms with Gasteiger partial charge in [-0.25, -0.2) is 0 Å². The van der Waals surface area contributed by atoms with Crippen molar-refractivity contribution in [2.75, 3.05) is 20.8 Å². The van der Waals surface area contributed by atoms with Crippen molar-refractivity contribution in [3.05, 3.63) is 35.4 Å². The second-order valence-electron chi connectivity index (χ2n) is 6.39. The Balaban J connectivity index is 1.95. The molecule has 0 bridgehead atoms. The number of nitrogens with one attached hydrogen (secondary N) is 2. The van der Waals surface area contributed by atoms with Gasteiger partial charge < -0.3 is 14.8 Å². The van der Waals surface area contributed by atoms with Crippen molar-refractivity contribution >= 4 is 11.9 Å². The molecule has 0 aliphatic heterocycles. The van der Waals surface area contributed by atoms with Crippen molar-refractivity contribution in [3.63, 3.8) is 0 Å². The molecule has 1 fully saturated rings. The first-order chi connectivity index (χ1) is 12.7. The molecule has 1 aromatic rings. The summed E-state index contributed by atoms with van der Waals surface area (Å²) in [6, 6.07) is 4.21. The lowest BCUT2D eigenvalue weighted by molar-refractivity contribution is -0.161. The molecule has 0 saturated heterocycles. The van der Waals surface area contributed by atoms with Gasteiger partial charge in [0.2, 0.25) is 5.91 Å². The van der Waals surface area contributed by atoms with Crippen LogP contribution in [0.15, 0.2) is 24.3 Å². The quantitative estimate of drug-likeness (QED) is 0.667. The average molecular weight is 388 g/mol. The number of methoxy groups -OCH3 is 2. The molecule has 1 unspecified atom stereocenters. The van der Waals surface area contributed by atoms with Gasteiger partial charge in [-0.05, 0) is 30.9 Å². The topological polar surface area (TPSA) is 76.7 Å². The molecular weight excluding hydrogens is 365 g/mol. The third-order valence-corrected chi connectivity index (χ3v) is 4.83. The van der Waals surface area contributed by atoms with Gasteiger partial charge >= 0.3 is 12.1 Å². The molecule has 150 valence electrons. The van der Waals surface area contributed by atoms with Gasteiger partial charge in [-0.1, -0.05) is 18.2 Å². The Kier molecular flexibility index (Phi) is 6.83. The standard InChI is InChI=1S/C18H23F3N2O4/c1-26-16(25)15(17(27-2)8-5-9-17)23-11-14(24)22-10-12-6-3-4-7-13(12)18(19,20)21/h3-4,6-7,15,23H,5,8-11H2,1-2H3,(H,22,24). The number of carbonyl (C=O) groups is 2. The molecule has 1 aliphatic rings. The first kappa shape index (κ1) is 21.2. The van der Waals surface area contributed by atoms with Crippen molar-refractivity contribution in [3.8, 4) is 0 Å². The lowest BCUT2D eigenvalue weighted by atomic mass is 9.74. The fourth-order valence-electron chi connectivity index (χ4n) is 3.14. The molecule has 2 rings (SSSR count). The van der Waals surface area contributed by atoms with Gasteiger partial charge in [0.25, 0.3) is 0 Å². The van der Waals surface area contributed by atoms with Gasteiger partial charge in [0, 0.05) is 13.7 Å². The van der Waals surface area contributed by atoms with E-state index in [1.54, 1.807) is 0 Å². The number of ether oxygens (including phenoxy) is 2. The Morgan fingerprint density at radius 1 is 1.22 bits per heavy atom. The normalized spacial score (nSPS) is 16.9. The number of hydrogen-bond donors (Lipinski definition) is 2. The zero-order valence-corrected chi connectivity index (χ0v) is 15.2. The number of alkyl halides is 3. The minimum Gasteiger partial charge on any atom is -0.468 e. The third-order valence-electron chi connectivity index (χ3n) is 4.83. The Hall–Kier alpha value is -2.13. The first-order valence-corrected chi connectivity index (χ1v) is 8.51. The van der Waals surface area contributed by atoms with Crippen LogP contribution in [-0.4, -0.2) is 44.3 Å². The van der Waals surface area contributed by atoms with Crippen LogP contribution in [0.2, 0.25) is 0 Å². The molecule has 1 atom stereocenters. The number of hydrogen-bond acceptors (Lipinski definition) is 5. The summed E-state index contributed by atoms with van der Waals surface area (Å²) in [6.45, 7) is -0.520. The fourth-order valence-corrected chi connectivity index (χ4v) is 3.14. The number of rotatable bonds is 8. The highest BCUT2D eigenvalue weighted by molar-refractivity contribution is 5.81. The van der Waals surface area contributed by atoms with Crippen LogP contribution in [0.5, 0.6) is 0 Å². The lowest BCUT2D eigenvalue weighted by Crippen LogP contribution is -2.61. The van der Waals surface area contributed by atoms with Crippen molar-refractivity contribution in [2.24, 2.45) is 0 Å². The van der Waals surface area contributed by atoms with Gasteiger partial charge in [-0.15, -0.1) is 0 Å². The van der Waals surface area contributed by atoms with Crippen LogP contribution in [0.25, 0.3) is 0 Å². The van der Waals surface area contributed by atoms with Crippen LogP contribution >= 0.6 is 0 Å². The summed E-state index contributed by atoms with van der Waals surface area (Å²) < 4.78 is 49.2. The van der Waals surface area contributed by atoms with E-state index in [0.717, 1.165) is 12.5 Å². The maximum absolute atomic E-state index is 13.0. The zero-order valence-electron chi connectivity index (χ0n) is 15.2. The number of esters is 1. The number of carbonyl (C=O) groups excluding carboxylic acids is 2. The molecule has 1 amide bonds. The van der Waals surface area contributed by atoms with Crippen LogP contribution in [-0.2, 0) is 31.8 Å². The zero-order chi connectivity index (χ0) is 20.1. The van der Waals surface area contributed by atoms with Gasteiger partial charge in [0.15, 0.2) is 0 Å². The van der Waals surface area contributed by atoms with Crippen LogP contribution in [0, 0.1) is 0 Å². The largest absolute Gasteiger partial charge is 0.468 e. The molecule has 27 heavy (non-hydrogen) atoms. The highest BCUT2D eigenvalue weighted by Gasteiger charge is 2.48. The third kappa shape index (κ3) is 4.98. The van der Waals surface area contributed by atoms with Crippen molar-refractivity contribution in [1.82, 2.24) is 10.6 Å². The monoisotopic (exact) mass is 388 g/mol. The predicted octanol–water partition coefficient (Wildman–Crippen LogP) is 2.02. The molecule has 0 aromatic heterocycles. The van der Waals surface area contributed by atoms with Crippen molar-refractivity contribution < 1.29 is 32.2 Å². The SMILES string of the molecule is COC(=O)C(NCC(=O)NCc1ccccc1C(F)(F)F)C1(OC)CCC1. The van der Waals surface area contributed by atoms with E-state index in [9.17, 15) is 22.8 Å². The van der Waals surface area contributed by atoms with Crippen molar-refractivity contribution in [1.29, 1.82) is 0 Å². The summed E-state index contributed by atoms with van der Waals surface area (Å²) in [6.07, 6.45) is -2.30. The van der Waals surface area contributed by atoms with Gasteiger partial charge in [-0.3, -0.25) is 14.9 Å². The Labute approximate surface area is 155 Å². The molecular formula is C18H23F3N2O4. The molecule has 1 saturated carbocycles. The molecule has 1 aromatic carbocycles. The van der Waals surface area contributed by atoms with Gasteiger partial charge in [-0.2, -0.15) is 13.2 Å². The molecule has 0 radical (unpaired) electrons. The van der Waals surface area contributed by atoms with E-state index in [-0.39, 0.29) is 18.7 Å². The maximum atomic E-state index is 13.0. The second-order valence-corrected chi connectivity index (χ2v) is 6.39. The summed E-state index contributed by atoms with van der Waals surface area (Å²) >= 11 is 0. The Bertz CT molecular complexity index is 669. The number of benzene rings is 1. The highest BCUT2D eigenvalue weighted by Crippen LogP contribution is 2.38. The fraction of sp³-hybridized carbons (Fsp3) is 0.556. The van der Waals surface area contributed by atoms with Crippen LogP contribution < -0.4 is 10.6 Å². The van der Waals surface area contributed by atoms with Crippen LogP contribution in [0.4, 0.5) is 13.2 Å². The molecule has 6 nitrogen and oxygen atoms in total. The second kappa shape index (κ2) is 8.71. The summed E-state index contributed by atoms with van der Waals surface area (Å²) in [5, 5.41) is 5.25. The van der Waals surface area contributed by atoms with Gasteiger partial charge in [0.1, 0.15) is 6.04 Å². The van der Waals surface area contributed by atoms with E-state index in [4.69, 9.17) is 9.47 Å². The summed E-state index contributed by atoms with van der Waals surface area (Å²) in [5.41, 5.74) is -1.55. The Morgan fingerprint density at radius 2 is 1.89 bits per heavy atom. The summed E-state index contributed by atoms with van der Waals surface area (Å²) in [7, 11) is 2.73. The van der Waals surface area contributed by atoms with E-state index in [2.05, 4.69) is 10.6 Å². The number of amides is 1. The number of halogens is 3. The van der Waals surface area contributed by atoms with Gasteiger partial charge in [0.05, 0.1) is 24.8 Å². The molecule has 1 aliphatic carbocycles. The summed E-state index contributed by atoms with van der Waals surface area (Å²) in [4.78, 5) is 24.1. The van der Waals surface area contributed by atoms with E-state index in [1.807, 2.05) is 0 Å². The maximum Gasteiger partial charge on any atom is 0.416 e. The molecule has 2 N–H and O–H groups in total. The molecule has 9 heteroatoms. The first-order valence-electron chi connectivity index (χ1n) is 8.51. The summed E-state index contributed by atoms with van der Waals surface area (Å²) in [5.74, 6) is -1.08. The van der Waals surface area contributed by atoms with Crippen LogP contribution in [0.1, 0.15) is 30.4 Å². The van der Waals surface area contributed by atoms with E-state index in [0.29, 0.717) is 12.8 Å². The van der Waals surface area contributed by atoms with E-state index >= 15 is 0 Å². The highest BCUT2D eigenvalue weighted by atomic mass is 19.4. The minimum absolute atomic E-state index is 0.0322. The molecule has 0 spiro atoms. The Morgan fingerprint density at radius 3 is 2.41 bits per heavy atom. The molecule has 0 heterocycles. The van der Waals surface area contributed by atoms with Crippen LogP contribution in [0.3, 0.4) is 0 Å². The predicted molar refractivity (Wildman–Crippen MR) is 90.7 cm³/mol. The van der Waals surface area contributed by atoms with Crippen molar-refractivity contribution in [2.45, 2.75) is 43.6 Å². The minimum atomic E-state index is -4.50. The van der Waals surface area contributed by atoms with E-state index < -0.39 is 35.3 Å². The van der Waals surface area contributed by atoms with E-state index in [1.165, 1.54) is 32.4 Å². The average Bonchev–Trinajstić information content (AvgIpc) is 2.60.